The fraction of sp³-hybridized carbons (Fsp3) is 0.588. The number of benzene rings is 1. The van der Waals surface area contributed by atoms with Crippen LogP contribution in [0.15, 0.2) is 55.3 Å². The lowest BCUT2D eigenvalue weighted by Gasteiger charge is -2.44. The second kappa shape index (κ2) is 16.8. The number of rotatable bonds is 13. The molecular weight excluding hydrogens is 680 g/mol. The van der Waals surface area contributed by atoms with E-state index in [9.17, 15) is 45.3 Å². The van der Waals surface area contributed by atoms with Crippen molar-refractivity contribution in [2.45, 2.75) is 93.1 Å². The van der Waals surface area contributed by atoms with Gasteiger partial charge in [-0.25, -0.2) is 4.79 Å². The van der Waals surface area contributed by atoms with Crippen LogP contribution in [0.3, 0.4) is 0 Å². The minimum absolute atomic E-state index is 0.0953. The van der Waals surface area contributed by atoms with Gasteiger partial charge in [0.25, 0.3) is 0 Å². The highest BCUT2D eigenvalue weighted by Crippen LogP contribution is 2.41. The first-order valence-corrected chi connectivity index (χ1v) is 16.3. The molecule has 51 heavy (non-hydrogen) atoms. The molecule has 0 saturated carbocycles. The van der Waals surface area contributed by atoms with Crippen molar-refractivity contribution >= 4 is 11.9 Å². The molecule has 0 spiro atoms. The Morgan fingerprint density at radius 1 is 0.922 bits per heavy atom. The number of esters is 2. The number of methoxy groups -OCH3 is 1. The summed E-state index contributed by atoms with van der Waals surface area (Å²) in [6.07, 6.45) is -13.2. The van der Waals surface area contributed by atoms with Gasteiger partial charge in [0, 0.05) is 11.8 Å². The highest BCUT2D eigenvalue weighted by atomic mass is 16.8. The van der Waals surface area contributed by atoms with Gasteiger partial charge in [-0.15, -0.1) is 13.2 Å². The van der Waals surface area contributed by atoms with Gasteiger partial charge in [-0.2, -0.15) is 0 Å². The van der Waals surface area contributed by atoms with E-state index >= 15 is 0 Å². The SMILES string of the molecule is C=CCc1ccc(OC2OC(COC(=O)CC3CC4C(=COC(OC5OC(CO)C(O)C(O)C5O)C4C=C)C(=O)O3)C(O)C(O)C2O)c(OC)c1. The van der Waals surface area contributed by atoms with Gasteiger partial charge >= 0.3 is 11.9 Å². The highest BCUT2D eigenvalue weighted by molar-refractivity contribution is 5.90. The summed E-state index contributed by atoms with van der Waals surface area (Å²) in [7, 11) is 1.43. The third kappa shape index (κ3) is 8.38. The maximum atomic E-state index is 12.9. The predicted octanol–water partition coefficient (Wildman–Crippen LogP) is -1.67. The number of carbonyl (C=O) groups excluding carboxylic acids is 2. The molecule has 1 aromatic rings. The van der Waals surface area contributed by atoms with Gasteiger partial charge in [0.05, 0.1) is 32.0 Å². The summed E-state index contributed by atoms with van der Waals surface area (Å²) in [6, 6.07) is 5.05. The van der Waals surface area contributed by atoms with Crippen LogP contribution < -0.4 is 9.47 Å². The van der Waals surface area contributed by atoms with Crippen LogP contribution in [0, 0.1) is 11.8 Å². The molecule has 3 fully saturated rings. The Morgan fingerprint density at radius 3 is 2.27 bits per heavy atom. The summed E-state index contributed by atoms with van der Waals surface area (Å²) in [5, 5.41) is 71.8. The molecule has 17 heteroatoms. The van der Waals surface area contributed by atoms with E-state index in [0.29, 0.717) is 12.2 Å². The lowest BCUT2D eigenvalue weighted by Crippen LogP contribution is -2.60. The van der Waals surface area contributed by atoms with Crippen molar-refractivity contribution in [2.75, 3.05) is 20.3 Å². The molecule has 282 valence electrons. The summed E-state index contributed by atoms with van der Waals surface area (Å²) >= 11 is 0. The van der Waals surface area contributed by atoms with Crippen LogP contribution in [0.4, 0.5) is 0 Å². The van der Waals surface area contributed by atoms with E-state index in [4.69, 9.17) is 37.9 Å². The fourth-order valence-corrected chi connectivity index (χ4v) is 6.38. The van der Waals surface area contributed by atoms with Gasteiger partial charge in [0.15, 0.2) is 17.8 Å². The van der Waals surface area contributed by atoms with Gasteiger partial charge in [0.2, 0.25) is 12.6 Å². The Hall–Kier alpha value is -3.62. The molecule has 17 nitrogen and oxygen atoms in total. The van der Waals surface area contributed by atoms with Crippen LogP contribution in [0.2, 0.25) is 0 Å². The summed E-state index contributed by atoms with van der Waals surface area (Å²) < 4.78 is 44.4. The molecule has 14 unspecified atom stereocenters. The minimum atomic E-state index is -1.72. The second-order valence-electron chi connectivity index (χ2n) is 12.6. The molecule has 4 aliphatic heterocycles. The topological polar surface area (TPSA) is 250 Å². The molecule has 0 radical (unpaired) electrons. The molecular formula is C34H44O17. The van der Waals surface area contributed by atoms with E-state index in [1.807, 2.05) is 0 Å². The van der Waals surface area contributed by atoms with E-state index < -0.39 is 117 Å². The van der Waals surface area contributed by atoms with Crippen molar-refractivity contribution in [1.29, 1.82) is 0 Å². The number of hydrogen-bond donors (Lipinski definition) is 7. The average molecular weight is 725 g/mol. The summed E-state index contributed by atoms with van der Waals surface area (Å²) in [4.78, 5) is 25.8. The maximum absolute atomic E-state index is 12.9. The van der Waals surface area contributed by atoms with Crippen molar-refractivity contribution in [3.63, 3.8) is 0 Å². The van der Waals surface area contributed by atoms with Crippen molar-refractivity contribution in [3.8, 4) is 11.5 Å². The number of aliphatic hydroxyl groups excluding tert-OH is 7. The Labute approximate surface area is 292 Å². The Bertz CT molecular complexity index is 1430. The first kappa shape index (κ1) is 38.6. The molecule has 0 aromatic heterocycles. The Balaban J connectivity index is 1.18. The van der Waals surface area contributed by atoms with Gasteiger partial charge in [0.1, 0.15) is 61.5 Å². The van der Waals surface area contributed by atoms with Crippen LogP contribution in [-0.4, -0.2) is 142 Å². The molecule has 14 atom stereocenters. The number of ether oxygens (including phenoxy) is 8. The van der Waals surface area contributed by atoms with Gasteiger partial charge in [-0.1, -0.05) is 18.2 Å². The number of hydrogen-bond acceptors (Lipinski definition) is 17. The lowest BCUT2D eigenvalue weighted by molar-refractivity contribution is -0.339. The summed E-state index contributed by atoms with van der Waals surface area (Å²) in [5.41, 5.74) is 1.02. The Morgan fingerprint density at radius 2 is 1.61 bits per heavy atom. The van der Waals surface area contributed by atoms with E-state index in [1.165, 1.54) is 13.2 Å². The zero-order valence-electron chi connectivity index (χ0n) is 27.7. The van der Waals surface area contributed by atoms with E-state index in [-0.39, 0.29) is 17.7 Å². The largest absolute Gasteiger partial charge is 0.493 e. The van der Waals surface area contributed by atoms with E-state index in [1.54, 1.807) is 24.3 Å². The quantitative estimate of drug-likeness (QED) is 0.0888. The van der Waals surface area contributed by atoms with Crippen molar-refractivity contribution < 1.29 is 83.2 Å². The standard InChI is InChI=1S/C34H44O17/c1-4-6-15-7-8-20(21(9-15)44-3)48-33-29(41)28(40)26(38)23(50-33)14-45-24(36)11-16-10-18-17(5-2)32(46-13-19(18)31(43)47-16)51-34-30(42)27(39)25(37)22(12-35)49-34/h4-5,7-9,13,16-18,22-23,25-30,32-35,37-42H,1-2,6,10-12,14H2,3H3. The minimum Gasteiger partial charge on any atom is -0.493 e. The molecule has 7 N–H and O–H groups in total. The van der Waals surface area contributed by atoms with E-state index in [2.05, 4.69) is 13.2 Å². The van der Waals surface area contributed by atoms with Gasteiger partial charge in [-0.3, -0.25) is 4.79 Å². The van der Waals surface area contributed by atoms with Crippen LogP contribution >= 0.6 is 0 Å². The highest BCUT2D eigenvalue weighted by Gasteiger charge is 2.50. The van der Waals surface area contributed by atoms with Crippen LogP contribution in [0.1, 0.15) is 18.4 Å². The van der Waals surface area contributed by atoms with Gasteiger partial charge in [-0.05, 0) is 30.5 Å². The smallest absolute Gasteiger partial charge is 0.337 e. The van der Waals surface area contributed by atoms with Crippen molar-refractivity contribution in [1.82, 2.24) is 0 Å². The molecule has 0 aliphatic carbocycles. The number of cyclic esters (lactones) is 1. The molecule has 5 rings (SSSR count). The molecule has 4 heterocycles. The third-order valence-electron chi connectivity index (χ3n) is 9.25. The number of allylic oxidation sites excluding steroid dienone is 1. The average Bonchev–Trinajstić information content (AvgIpc) is 3.11. The van der Waals surface area contributed by atoms with Crippen molar-refractivity contribution in [2.24, 2.45) is 11.8 Å². The van der Waals surface area contributed by atoms with Crippen LogP contribution in [0.25, 0.3) is 0 Å². The molecule has 4 aliphatic rings. The Kier molecular flexibility index (Phi) is 12.7. The van der Waals surface area contributed by atoms with Crippen LogP contribution in [0.5, 0.6) is 11.5 Å². The number of aliphatic hydroxyl groups is 7. The molecule has 0 amide bonds. The van der Waals surface area contributed by atoms with E-state index in [0.717, 1.165) is 11.8 Å². The molecule has 3 saturated heterocycles. The predicted molar refractivity (Wildman–Crippen MR) is 169 cm³/mol. The first-order chi connectivity index (χ1) is 24.4. The normalized spacial score (nSPS) is 37.9. The van der Waals surface area contributed by atoms with Crippen molar-refractivity contribution in [3.05, 3.63) is 60.9 Å². The molecule has 1 aromatic carbocycles. The zero-order chi connectivity index (χ0) is 37.0. The fourth-order valence-electron chi connectivity index (χ4n) is 6.38. The number of carbonyl (C=O) groups is 2. The van der Waals surface area contributed by atoms with Crippen LogP contribution in [-0.2, 0) is 44.4 Å². The zero-order valence-corrected chi connectivity index (χ0v) is 27.7. The monoisotopic (exact) mass is 724 g/mol. The third-order valence-corrected chi connectivity index (χ3v) is 9.25. The maximum Gasteiger partial charge on any atom is 0.337 e. The second-order valence-corrected chi connectivity index (χ2v) is 12.6. The number of fused-ring (bicyclic) bond motifs is 1. The first-order valence-electron chi connectivity index (χ1n) is 16.3. The lowest BCUT2D eigenvalue weighted by atomic mass is 9.78. The summed E-state index contributed by atoms with van der Waals surface area (Å²) in [6.45, 7) is 6.29. The van der Waals surface area contributed by atoms with Gasteiger partial charge < -0.3 is 73.6 Å². The summed E-state index contributed by atoms with van der Waals surface area (Å²) in [5.74, 6) is -2.46. The molecule has 0 bridgehead atoms.